The molecule has 2 aromatic carbocycles. The van der Waals surface area contributed by atoms with Crippen LogP contribution in [-0.4, -0.2) is 20.7 Å². The molecule has 29 heavy (non-hydrogen) atoms. The highest BCUT2D eigenvalue weighted by atomic mass is 16.3. The second-order valence-electron chi connectivity index (χ2n) is 7.53. The van der Waals surface area contributed by atoms with Crippen molar-refractivity contribution in [2.45, 2.75) is 39.2 Å². The van der Waals surface area contributed by atoms with Crippen LogP contribution in [0.1, 0.15) is 41.2 Å². The number of para-hydroxylation sites is 1. The van der Waals surface area contributed by atoms with Crippen molar-refractivity contribution in [2.24, 2.45) is 0 Å². The molecule has 0 fully saturated rings. The minimum atomic E-state index is -0.262. The maximum atomic E-state index is 12.8. The molecule has 0 radical (unpaired) electrons. The van der Waals surface area contributed by atoms with Crippen molar-refractivity contribution in [3.05, 3.63) is 65.7 Å². The van der Waals surface area contributed by atoms with Crippen LogP contribution < -0.4 is 5.32 Å². The van der Waals surface area contributed by atoms with Crippen LogP contribution in [0.4, 0.5) is 5.69 Å². The Labute approximate surface area is 168 Å². The second kappa shape index (κ2) is 7.20. The Morgan fingerprint density at radius 3 is 2.86 bits per heavy atom. The largest absolute Gasteiger partial charge is 0.451 e. The molecular formula is C23H22N4O2. The first-order chi connectivity index (χ1) is 14.2. The van der Waals surface area contributed by atoms with E-state index in [-0.39, 0.29) is 5.91 Å². The topological polar surface area (TPSA) is 73.0 Å². The van der Waals surface area contributed by atoms with Crippen LogP contribution >= 0.6 is 0 Å². The number of aromatic nitrogens is 3. The van der Waals surface area contributed by atoms with Gasteiger partial charge in [-0.25, -0.2) is 0 Å². The highest BCUT2D eigenvalue weighted by molar-refractivity contribution is 6.05. The molecule has 0 spiro atoms. The van der Waals surface area contributed by atoms with Crippen LogP contribution in [0.25, 0.3) is 22.4 Å². The summed E-state index contributed by atoms with van der Waals surface area (Å²) in [6, 6.07) is 15.4. The van der Waals surface area contributed by atoms with Gasteiger partial charge >= 0.3 is 0 Å². The molecule has 0 bridgehead atoms. The highest BCUT2D eigenvalue weighted by Crippen LogP contribution is 2.28. The molecule has 1 N–H and O–H groups in total. The first-order valence-electron chi connectivity index (χ1n) is 10.0. The van der Waals surface area contributed by atoms with Gasteiger partial charge in [0.2, 0.25) is 0 Å². The molecule has 0 saturated heterocycles. The standard InChI is InChI=1S/C23H22N4O2/c1-15-10-11-17(22-26-25-21-9-3-2-6-12-27(21)22)13-18(15)24-23(28)20-14-16-7-4-5-8-19(16)29-20/h4-5,7-8,10-11,13-14H,2-3,6,9,12H2,1H3,(H,24,28). The molecule has 1 aliphatic rings. The zero-order valence-corrected chi connectivity index (χ0v) is 16.3. The summed E-state index contributed by atoms with van der Waals surface area (Å²) in [4.78, 5) is 12.8. The van der Waals surface area contributed by atoms with Crippen molar-refractivity contribution in [1.82, 2.24) is 14.8 Å². The summed E-state index contributed by atoms with van der Waals surface area (Å²) in [5.41, 5.74) is 3.39. The Hall–Kier alpha value is -3.41. The Balaban J connectivity index is 1.45. The maximum Gasteiger partial charge on any atom is 0.291 e. The van der Waals surface area contributed by atoms with Crippen LogP contribution in [0.5, 0.6) is 0 Å². The number of hydrogen-bond acceptors (Lipinski definition) is 4. The molecule has 1 aliphatic heterocycles. The average molecular weight is 386 g/mol. The van der Waals surface area contributed by atoms with Crippen LogP contribution in [0.2, 0.25) is 0 Å². The van der Waals surface area contributed by atoms with E-state index in [2.05, 4.69) is 20.1 Å². The van der Waals surface area contributed by atoms with Crippen LogP contribution in [0.15, 0.2) is 52.9 Å². The predicted molar refractivity (Wildman–Crippen MR) is 112 cm³/mol. The van der Waals surface area contributed by atoms with E-state index in [1.54, 1.807) is 6.07 Å². The van der Waals surface area contributed by atoms with Gasteiger partial charge in [-0.15, -0.1) is 10.2 Å². The van der Waals surface area contributed by atoms with Gasteiger partial charge < -0.3 is 14.3 Å². The van der Waals surface area contributed by atoms with Crippen molar-refractivity contribution in [2.75, 3.05) is 5.32 Å². The zero-order valence-electron chi connectivity index (χ0n) is 16.3. The van der Waals surface area contributed by atoms with E-state index in [0.717, 1.165) is 59.7 Å². The zero-order chi connectivity index (χ0) is 19.8. The number of furan rings is 1. The summed E-state index contributed by atoms with van der Waals surface area (Å²) in [5, 5.41) is 12.7. The van der Waals surface area contributed by atoms with Gasteiger partial charge in [0.1, 0.15) is 11.4 Å². The van der Waals surface area contributed by atoms with Crippen molar-refractivity contribution < 1.29 is 9.21 Å². The first-order valence-corrected chi connectivity index (χ1v) is 10.0. The average Bonchev–Trinajstić information content (AvgIpc) is 3.27. The Kier molecular flexibility index (Phi) is 4.39. The minimum absolute atomic E-state index is 0.262. The molecule has 0 unspecified atom stereocenters. The number of benzene rings is 2. The molecule has 5 rings (SSSR count). The van der Waals surface area contributed by atoms with Gasteiger partial charge in [-0.05, 0) is 43.5 Å². The number of carbonyl (C=O) groups is 1. The quantitative estimate of drug-likeness (QED) is 0.539. The number of aryl methyl sites for hydroxylation is 2. The van der Waals surface area contributed by atoms with E-state index >= 15 is 0 Å². The second-order valence-corrected chi connectivity index (χ2v) is 7.53. The SMILES string of the molecule is Cc1ccc(-c2nnc3n2CCCCC3)cc1NC(=O)c1cc2ccccc2o1. The van der Waals surface area contributed by atoms with Crippen molar-refractivity contribution in [1.29, 1.82) is 0 Å². The van der Waals surface area contributed by atoms with Gasteiger partial charge in [0.25, 0.3) is 5.91 Å². The van der Waals surface area contributed by atoms with E-state index in [9.17, 15) is 4.79 Å². The number of carbonyl (C=O) groups excluding carboxylic acids is 1. The summed E-state index contributed by atoms with van der Waals surface area (Å²) in [7, 11) is 0. The van der Waals surface area contributed by atoms with E-state index in [4.69, 9.17) is 4.42 Å². The maximum absolute atomic E-state index is 12.8. The van der Waals surface area contributed by atoms with E-state index < -0.39 is 0 Å². The molecule has 4 aromatic rings. The number of rotatable bonds is 3. The van der Waals surface area contributed by atoms with Gasteiger partial charge in [0, 0.05) is 29.6 Å². The third kappa shape index (κ3) is 3.31. The van der Waals surface area contributed by atoms with Gasteiger partial charge in [0.05, 0.1) is 0 Å². The summed E-state index contributed by atoms with van der Waals surface area (Å²) in [6.07, 6.45) is 4.48. The van der Waals surface area contributed by atoms with Crippen molar-refractivity contribution in [3.63, 3.8) is 0 Å². The third-order valence-corrected chi connectivity index (χ3v) is 5.50. The molecule has 0 atom stereocenters. The Bertz CT molecular complexity index is 1170. The molecule has 0 aliphatic carbocycles. The third-order valence-electron chi connectivity index (χ3n) is 5.50. The van der Waals surface area contributed by atoms with Gasteiger partial charge in [-0.2, -0.15) is 0 Å². The lowest BCUT2D eigenvalue weighted by atomic mass is 10.1. The van der Waals surface area contributed by atoms with E-state index in [1.807, 2.05) is 49.4 Å². The van der Waals surface area contributed by atoms with Crippen molar-refractivity contribution in [3.8, 4) is 11.4 Å². The molecule has 0 saturated carbocycles. The summed E-state index contributed by atoms with van der Waals surface area (Å²) >= 11 is 0. The number of hydrogen-bond donors (Lipinski definition) is 1. The summed E-state index contributed by atoms with van der Waals surface area (Å²) in [5.74, 6) is 1.95. The fourth-order valence-electron chi connectivity index (χ4n) is 3.87. The number of nitrogens with one attached hydrogen (secondary N) is 1. The molecule has 6 heteroatoms. The summed E-state index contributed by atoms with van der Waals surface area (Å²) < 4.78 is 7.90. The van der Waals surface area contributed by atoms with Crippen LogP contribution in [0, 0.1) is 6.92 Å². The lowest BCUT2D eigenvalue weighted by Gasteiger charge is -2.11. The fourth-order valence-corrected chi connectivity index (χ4v) is 3.87. The lowest BCUT2D eigenvalue weighted by Crippen LogP contribution is -2.12. The minimum Gasteiger partial charge on any atom is -0.451 e. The normalized spacial score (nSPS) is 13.8. The van der Waals surface area contributed by atoms with Crippen LogP contribution in [0.3, 0.4) is 0 Å². The molecule has 3 heterocycles. The number of fused-ring (bicyclic) bond motifs is 2. The highest BCUT2D eigenvalue weighted by Gasteiger charge is 2.18. The van der Waals surface area contributed by atoms with E-state index in [1.165, 1.54) is 6.42 Å². The van der Waals surface area contributed by atoms with Gasteiger partial charge in [-0.3, -0.25) is 4.79 Å². The molecule has 6 nitrogen and oxygen atoms in total. The number of amides is 1. The van der Waals surface area contributed by atoms with E-state index in [0.29, 0.717) is 11.3 Å². The molecule has 146 valence electrons. The monoisotopic (exact) mass is 386 g/mol. The van der Waals surface area contributed by atoms with Crippen LogP contribution in [-0.2, 0) is 13.0 Å². The molecule has 1 amide bonds. The Morgan fingerprint density at radius 1 is 1.07 bits per heavy atom. The lowest BCUT2D eigenvalue weighted by molar-refractivity contribution is 0.0998. The summed E-state index contributed by atoms with van der Waals surface area (Å²) in [6.45, 7) is 2.91. The number of nitrogens with zero attached hydrogens (tertiary/aromatic N) is 3. The Morgan fingerprint density at radius 2 is 1.97 bits per heavy atom. The van der Waals surface area contributed by atoms with Gasteiger partial charge in [-0.1, -0.05) is 36.8 Å². The predicted octanol–water partition coefficient (Wildman–Crippen LogP) is 4.98. The fraction of sp³-hybridized carbons (Fsp3) is 0.261. The van der Waals surface area contributed by atoms with Gasteiger partial charge in [0.15, 0.2) is 11.6 Å². The smallest absolute Gasteiger partial charge is 0.291 e. The number of anilines is 1. The first kappa shape index (κ1) is 17.7. The molecular weight excluding hydrogens is 364 g/mol. The van der Waals surface area contributed by atoms with Crippen molar-refractivity contribution >= 4 is 22.6 Å². The molecule has 2 aromatic heterocycles.